The first-order valence-corrected chi connectivity index (χ1v) is 7.77. The first-order chi connectivity index (χ1) is 9.49. The fraction of sp³-hybridized carbons (Fsp3) is 0.308. The average Bonchev–Trinajstić information content (AvgIpc) is 3.06. The van der Waals surface area contributed by atoms with Gasteiger partial charge in [-0.25, -0.2) is 9.78 Å². The number of nitrogens with zero attached hydrogens (tertiary/aromatic N) is 2. The van der Waals surface area contributed by atoms with E-state index in [1.807, 2.05) is 31.4 Å². The monoisotopic (exact) mass is 310 g/mol. The van der Waals surface area contributed by atoms with Crippen LogP contribution >= 0.6 is 22.7 Å². The van der Waals surface area contributed by atoms with Crippen molar-refractivity contribution in [3.05, 3.63) is 38.5 Å². The Bertz CT molecular complexity index is 605. The lowest BCUT2D eigenvalue weighted by Gasteiger charge is -2.25. The van der Waals surface area contributed by atoms with Gasteiger partial charge < -0.3 is 10.0 Å². The van der Waals surface area contributed by atoms with E-state index in [1.165, 1.54) is 5.38 Å². The van der Waals surface area contributed by atoms with Crippen LogP contribution in [0.15, 0.2) is 22.9 Å². The highest BCUT2D eigenvalue weighted by atomic mass is 32.1. The quantitative estimate of drug-likeness (QED) is 0.921. The average molecular weight is 310 g/mol. The van der Waals surface area contributed by atoms with E-state index in [2.05, 4.69) is 4.98 Å². The molecule has 1 N–H and O–H groups in total. The van der Waals surface area contributed by atoms with Gasteiger partial charge in [0.25, 0.3) is 5.91 Å². The number of aromatic nitrogens is 1. The van der Waals surface area contributed by atoms with Crippen LogP contribution in [-0.2, 0) is 6.54 Å². The van der Waals surface area contributed by atoms with Crippen molar-refractivity contribution in [3.8, 4) is 0 Å². The van der Waals surface area contributed by atoms with E-state index in [0.717, 1.165) is 16.2 Å². The third kappa shape index (κ3) is 3.23. The molecule has 0 bridgehead atoms. The molecular formula is C13H14N2O3S2. The molecule has 0 saturated heterocycles. The first-order valence-electron chi connectivity index (χ1n) is 6.01. The van der Waals surface area contributed by atoms with Crippen molar-refractivity contribution in [2.45, 2.75) is 26.4 Å². The van der Waals surface area contributed by atoms with Crippen LogP contribution in [0.1, 0.15) is 39.0 Å². The van der Waals surface area contributed by atoms with Gasteiger partial charge in [-0.2, -0.15) is 0 Å². The van der Waals surface area contributed by atoms with Crippen molar-refractivity contribution in [3.63, 3.8) is 0 Å². The van der Waals surface area contributed by atoms with Gasteiger partial charge in [-0.3, -0.25) is 4.79 Å². The van der Waals surface area contributed by atoms with Crippen LogP contribution < -0.4 is 0 Å². The number of hydrogen-bond donors (Lipinski definition) is 1. The van der Waals surface area contributed by atoms with Crippen LogP contribution in [-0.4, -0.2) is 32.9 Å². The number of hydrogen-bond acceptors (Lipinski definition) is 5. The van der Waals surface area contributed by atoms with Gasteiger partial charge in [-0.15, -0.1) is 22.7 Å². The second-order valence-corrected chi connectivity index (χ2v) is 6.34. The van der Waals surface area contributed by atoms with Gasteiger partial charge in [-0.1, -0.05) is 6.07 Å². The maximum atomic E-state index is 12.4. The van der Waals surface area contributed by atoms with Crippen molar-refractivity contribution in [2.24, 2.45) is 0 Å². The maximum Gasteiger partial charge on any atom is 0.355 e. The third-order valence-electron chi connectivity index (χ3n) is 2.70. The minimum atomic E-state index is -1.12. The second kappa shape index (κ2) is 6.15. The summed E-state index contributed by atoms with van der Waals surface area (Å²) in [6.45, 7) is 4.37. The van der Waals surface area contributed by atoms with Crippen molar-refractivity contribution >= 4 is 34.6 Å². The van der Waals surface area contributed by atoms with Crippen LogP contribution in [0, 0.1) is 0 Å². The summed E-state index contributed by atoms with van der Waals surface area (Å²) < 4.78 is 0. The summed E-state index contributed by atoms with van der Waals surface area (Å²) in [5, 5.41) is 12.4. The minimum absolute atomic E-state index is 0.0155. The molecule has 106 valence electrons. The molecule has 7 heteroatoms. The molecule has 20 heavy (non-hydrogen) atoms. The van der Waals surface area contributed by atoms with E-state index in [1.54, 1.807) is 16.2 Å². The SMILES string of the molecule is CC(C)N(Cc1cccs1)C(=O)c1nc(C(=O)O)cs1. The lowest BCUT2D eigenvalue weighted by molar-refractivity contribution is 0.0688. The normalized spacial score (nSPS) is 10.8. The molecule has 0 aliphatic carbocycles. The highest BCUT2D eigenvalue weighted by Gasteiger charge is 2.23. The number of carboxylic acids is 1. The predicted octanol–water partition coefficient (Wildman–Crippen LogP) is 2.95. The molecule has 2 aromatic heterocycles. The Morgan fingerprint density at radius 2 is 2.15 bits per heavy atom. The van der Waals surface area contributed by atoms with E-state index >= 15 is 0 Å². The molecule has 0 atom stereocenters. The Labute approximate surface area is 124 Å². The Hall–Kier alpha value is -1.73. The van der Waals surface area contributed by atoms with E-state index in [4.69, 9.17) is 5.11 Å². The Morgan fingerprint density at radius 3 is 2.65 bits per heavy atom. The lowest BCUT2D eigenvalue weighted by atomic mass is 10.3. The minimum Gasteiger partial charge on any atom is -0.476 e. The fourth-order valence-electron chi connectivity index (χ4n) is 1.65. The van der Waals surface area contributed by atoms with Gasteiger partial charge in [0.15, 0.2) is 10.7 Å². The van der Waals surface area contributed by atoms with Gasteiger partial charge in [-0.05, 0) is 25.3 Å². The zero-order chi connectivity index (χ0) is 14.7. The van der Waals surface area contributed by atoms with Crippen molar-refractivity contribution in [1.29, 1.82) is 0 Å². The number of rotatable bonds is 5. The summed E-state index contributed by atoms with van der Waals surface area (Å²) in [5.41, 5.74) is -0.0850. The molecule has 2 heterocycles. The van der Waals surface area contributed by atoms with Crippen molar-refractivity contribution in [2.75, 3.05) is 0 Å². The summed E-state index contributed by atoms with van der Waals surface area (Å²) in [6, 6.07) is 3.93. The molecule has 0 aliphatic rings. The van der Waals surface area contributed by atoms with Crippen LogP contribution in [0.2, 0.25) is 0 Å². The Kier molecular flexibility index (Phi) is 4.51. The van der Waals surface area contributed by atoms with E-state index in [0.29, 0.717) is 6.54 Å². The zero-order valence-corrected chi connectivity index (χ0v) is 12.7. The van der Waals surface area contributed by atoms with Gasteiger partial charge in [0.2, 0.25) is 0 Å². The number of thiophene rings is 1. The molecule has 0 saturated carbocycles. The molecule has 2 aromatic rings. The number of aromatic carboxylic acids is 1. The summed E-state index contributed by atoms with van der Waals surface area (Å²) in [7, 11) is 0. The van der Waals surface area contributed by atoms with Gasteiger partial charge in [0, 0.05) is 16.3 Å². The topological polar surface area (TPSA) is 70.5 Å². The van der Waals surface area contributed by atoms with Crippen molar-refractivity contribution in [1.82, 2.24) is 9.88 Å². The molecule has 1 amide bonds. The third-order valence-corrected chi connectivity index (χ3v) is 4.39. The number of carbonyl (C=O) groups excluding carboxylic acids is 1. The molecule has 2 rings (SSSR count). The van der Waals surface area contributed by atoms with Gasteiger partial charge in [0.1, 0.15) is 0 Å². The molecule has 0 aromatic carbocycles. The van der Waals surface area contributed by atoms with E-state index in [-0.39, 0.29) is 22.7 Å². The highest BCUT2D eigenvalue weighted by Crippen LogP contribution is 2.19. The van der Waals surface area contributed by atoms with Gasteiger partial charge >= 0.3 is 5.97 Å². The number of amides is 1. The first kappa shape index (κ1) is 14.7. The smallest absolute Gasteiger partial charge is 0.355 e. The lowest BCUT2D eigenvalue weighted by Crippen LogP contribution is -2.36. The summed E-state index contributed by atoms with van der Waals surface area (Å²) >= 11 is 2.65. The maximum absolute atomic E-state index is 12.4. The summed E-state index contributed by atoms with van der Waals surface area (Å²) in [5.74, 6) is -1.35. The predicted molar refractivity (Wildman–Crippen MR) is 78.4 cm³/mol. The molecular weight excluding hydrogens is 296 g/mol. The number of carbonyl (C=O) groups is 2. The summed E-state index contributed by atoms with van der Waals surface area (Å²) in [6.07, 6.45) is 0. The largest absolute Gasteiger partial charge is 0.476 e. The molecule has 0 spiro atoms. The fourth-order valence-corrected chi connectivity index (χ4v) is 3.10. The number of thiazole rings is 1. The molecule has 0 aliphatic heterocycles. The van der Waals surface area contributed by atoms with Gasteiger partial charge in [0.05, 0.1) is 6.54 Å². The molecule has 0 fully saturated rings. The standard InChI is InChI=1S/C13H14N2O3S2/c1-8(2)15(6-9-4-3-5-19-9)12(16)11-14-10(7-20-11)13(17)18/h3-5,7-8H,6H2,1-2H3,(H,17,18). The van der Waals surface area contributed by atoms with Crippen LogP contribution in [0.25, 0.3) is 0 Å². The zero-order valence-electron chi connectivity index (χ0n) is 11.1. The Morgan fingerprint density at radius 1 is 1.40 bits per heavy atom. The molecule has 0 radical (unpaired) electrons. The van der Waals surface area contributed by atoms with Crippen LogP contribution in [0.5, 0.6) is 0 Å². The summed E-state index contributed by atoms with van der Waals surface area (Å²) in [4.78, 5) is 29.9. The van der Waals surface area contributed by atoms with E-state index < -0.39 is 5.97 Å². The second-order valence-electron chi connectivity index (χ2n) is 4.45. The number of carboxylic acid groups (broad SMARTS) is 1. The van der Waals surface area contributed by atoms with Crippen LogP contribution in [0.3, 0.4) is 0 Å². The van der Waals surface area contributed by atoms with Crippen molar-refractivity contribution < 1.29 is 14.7 Å². The highest BCUT2D eigenvalue weighted by molar-refractivity contribution is 7.12. The van der Waals surface area contributed by atoms with E-state index in [9.17, 15) is 9.59 Å². The molecule has 5 nitrogen and oxygen atoms in total. The Balaban J connectivity index is 2.19. The van der Waals surface area contributed by atoms with Crippen LogP contribution in [0.4, 0.5) is 0 Å². The molecule has 0 unspecified atom stereocenters.